The summed E-state index contributed by atoms with van der Waals surface area (Å²) in [6, 6.07) is 14.8. The summed E-state index contributed by atoms with van der Waals surface area (Å²) in [6.45, 7) is 10.5. The zero-order valence-corrected chi connectivity index (χ0v) is 22.7. The summed E-state index contributed by atoms with van der Waals surface area (Å²) >= 11 is 1.36. The van der Waals surface area contributed by atoms with E-state index in [2.05, 4.69) is 34.1 Å². The van der Waals surface area contributed by atoms with E-state index in [9.17, 15) is 9.18 Å². The van der Waals surface area contributed by atoms with Crippen molar-refractivity contribution in [2.24, 2.45) is 0 Å². The number of ether oxygens (including phenoxy) is 1. The monoisotopic (exact) mass is 525 g/mol. The number of halogens is 1. The Morgan fingerprint density at radius 1 is 1.11 bits per heavy atom. The molecule has 0 spiro atoms. The molecule has 0 aliphatic carbocycles. The molecule has 2 aromatic carbocycles. The number of carbonyl (C=O) groups excluding carboxylic acids is 1. The van der Waals surface area contributed by atoms with Gasteiger partial charge < -0.3 is 19.4 Å². The summed E-state index contributed by atoms with van der Waals surface area (Å²) in [5.41, 5.74) is 2.06. The van der Waals surface area contributed by atoms with Gasteiger partial charge in [-0.2, -0.15) is 4.37 Å². The number of benzene rings is 2. The predicted molar refractivity (Wildman–Crippen MR) is 147 cm³/mol. The zero-order valence-electron chi connectivity index (χ0n) is 21.9. The highest BCUT2D eigenvalue weighted by Crippen LogP contribution is 2.29. The van der Waals surface area contributed by atoms with Crippen LogP contribution in [0.1, 0.15) is 45.0 Å². The van der Waals surface area contributed by atoms with E-state index < -0.39 is 0 Å². The van der Waals surface area contributed by atoms with Gasteiger partial charge in [0, 0.05) is 63.1 Å². The summed E-state index contributed by atoms with van der Waals surface area (Å²) in [4.78, 5) is 24.3. The number of nitrogens with zero attached hydrogens (tertiary/aromatic N) is 5. The van der Waals surface area contributed by atoms with Gasteiger partial charge in [-0.3, -0.25) is 4.79 Å². The van der Waals surface area contributed by atoms with Crippen molar-refractivity contribution in [2.75, 3.05) is 49.1 Å². The van der Waals surface area contributed by atoms with Gasteiger partial charge in [0.1, 0.15) is 17.4 Å². The van der Waals surface area contributed by atoms with Crippen LogP contribution in [0.15, 0.2) is 48.5 Å². The lowest BCUT2D eigenvalue weighted by Crippen LogP contribution is -2.49. The number of hydrogen-bond acceptors (Lipinski definition) is 7. The molecule has 1 atom stereocenters. The van der Waals surface area contributed by atoms with Crippen molar-refractivity contribution in [1.29, 1.82) is 0 Å². The van der Waals surface area contributed by atoms with E-state index >= 15 is 0 Å². The molecule has 1 unspecified atom stereocenters. The van der Waals surface area contributed by atoms with Crippen molar-refractivity contribution in [2.45, 2.75) is 46.1 Å². The van der Waals surface area contributed by atoms with Crippen molar-refractivity contribution in [1.82, 2.24) is 14.3 Å². The first-order valence-electron chi connectivity index (χ1n) is 13.1. The van der Waals surface area contributed by atoms with Gasteiger partial charge in [-0.1, -0.05) is 31.2 Å². The van der Waals surface area contributed by atoms with Crippen LogP contribution in [0.4, 0.5) is 15.2 Å². The van der Waals surface area contributed by atoms with Crippen LogP contribution in [0.2, 0.25) is 0 Å². The molecule has 37 heavy (non-hydrogen) atoms. The number of anilines is 2. The van der Waals surface area contributed by atoms with E-state index in [0.717, 1.165) is 47.5 Å². The maximum absolute atomic E-state index is 13.2. The first-order valence-corrected chi connectivity index (χ1v) is 13.8. The first kappa shape index (κ1) is 26.9. The van der Waals surface area contributed by atoms with Gasteiger partial charge in [-0.05, 0) is 50.1 Å². The summed E-state index contributed by atoms with van der Waals surface area (Å²) in [5, 5.41) is 0.830. The van der Waals surface area contributed by atoms with Gasteiger partial charge in [0.15, 0.2) is 0 Å². The van der Waals surface area contributed by atoms with Gasteiger partial charge in [0.05, 0.1) is 12.3 Å². The fourth-order valence-electron chi connectivity index (χ4n) is 4.51. The largest absolute Gasteiger partial charge is 0.492 e. The molecule has 1 saturated heterocycles. The van der Waals surface area contributed by atoms with Crippen LogP contribution in [0, 0.1) is 5.82 Å². The van der Waals surface area contributed by atoms with Crippen LogP contribution < -0.4 is 14.5 Å². The van der Waals surface area contributed by atoms with E-state index in [4.69, 9.17) is 9.72 Å². The summed E-state index contributed by atoms with van der Waals surface area (Å²) in [6.07, 6.45) is 1.94. The highest BCUT2D eigenvalue weighted by Gasteiger charge is 2.25. The minimum Gasteiger partial charge on any atom is -0.492 e. The molecular formula is C28H36FN5O2S. The number of hydrogen-bond donors (Lipinski definition) is 0. The second-order valence-corrected chi connectivity index (χ2v) is 10.00. The van der Waals surface area contributed by atoms with Crippen LogP contribution in [-0.2, 0) is 11.2 Å². The number of piperazine rings is 1. The Bertz CT molecular complexity index is 1150. The lowest BCUT2D eigenvalue weighted by atomic mass is 10.1. The lowest BCUT2D eigenvalue weighted by molar-refractivity contribution is -0.131. The molecule has 3 aromatic rings. The molecular weight excluding hydrogens is 489 g/mol. The van der Waals surface area contributed by atoms with Gasteiger partial charge in [-0.25, -0.2) is 9.37 Å². The van der Waals surface area contributed by atoms with E-state index in [1.807, 2.05) is 30.0 Å². The number of para-hydroxylation sites is 2. The molecule has 0 N–H and O–H groups in total. The van der Waals surface area contributed by atoms with Crippen LogP contribution >= 0.6 is 11.5 Å². The molecule has 1 aliphatic rings. The molecule has 1 aliphatic heterocycles. The average Bonchev–Trinajstić information content (AvgIpc) is 3.38. The van der Waals surface area contributed by atoms with E-state index in [1.165, 1.54) is 23.7 Å². The molecule has 198 valence electrons. The third-order valence-corrected chi connectivity index (χ3v) is 7.60. The quantitative estimate of drug-likeness (QED) is 0.351. The topological polar surface area (TPSA) is 61.8 Å². The van der Waals surface area contributed by atoms with E-state index in [0.29, 0.717) is 39.1 Å². The van der Waals surface area contributed by atoms with Gasteiger partial charge in [-0.15, -0.1) is 0 Å². The van der Waals surface area contributed by atoms with Crippen LogP contribution in [0.3, 0.4) is 0 Å². The van der Waals surface area contributed by atoms with Crippen LogP contribution in [0.5, 0.6) is 5.75 Å². The molecule has 1 amide bonds. The number of aromatic nitrogens is 2. The lowest BCUT2D eigenvalue weighted by Gasteiger charge is -2.37. The Morgan fingerprint density at radius 2 is 1.84 bits per heavy atom. The average molecular weight is 526 g/mol. The molecule has 0 radical (unpaired) electrons. The molecule has 2 heterocycles. The minimum absolute atomic E-state index is 0.169. The Labute approximate surface area is 223 Å². The fraction of sp³-hybridized carbons (Fsp3) is 0.464. The summed E-state index contributed by atoms with van der Waals surface area (Å²) in [5.74, 6) is 1.53. The third kappa shape index (κ3) is 6.97. The first-order chi connectivity index (χ1) is 18.0. The summed E-state index contributed by atoms with van der Waals surface area (Å²) < 4.78 is 23.5. The molecule has 9 heteroatoms. The highest BCUT2D eigenvalue weighted by molar-refractivity contribution is 7.09. The van der Waals surface area contributed by atoms with Crippen molar-refractivity contribution in [3.63, 3.8) is 0 Å². The molecule has 0 bridgehead atoms. The van der Waals surface area contributed by atoms with Gasteiger partial charge in [0.2, 0.25) is 11.0 Å². The standard InChI is InChI=1S/C28H36FN5O2S/c1-4-21(3)34(28-30-26(31-37-28)20-22-10-12-23(29)13-11-22)15-14-27(35)33-18-16-32(17-19-33)24-8-6-7-9-25(24)36-5-2/h6-13,21H,4-5,14-20H2,1-3H3. The fourth-order valence-corrected chi connectivity index (χ4v) is 5.32. The summed E-state index contributed by atoms with van der Waals surface area (Å²) in [7, 11) is 0. The molecule has 4 rings (SSSR count). The predicted octanol–water partition coefficient (Wildman–Crippen LogP) is 5.01. The number of rotatable bonds is 11. The van der Waals surface area contributed by atoms with Crippen molar-refractivity contribution < 1.29 is 13.9 Å². The molecule has 0 saturated carbocycles. The van der Waals surface area contributed by atoms with Crippen LogP contribution in [-0.4, -0.2) is 65.5 Å². The third-order valence-electron chi connectivity index (χ3n) is 6.81. The second kappa shape index (κ2) is 12.9. The molecule has 1 fully saturated rings. The maximum atomic E-state index is 13.2. The Kier molecular flexibility index (Phi) is 9.33. The normalized spacial score (nSPS) is 14.5. The Balaban J connectivity index is 1.33. The second-order valence-electron chi connectivity index (χ2n) is 9.27. The van der Waals surface area contributed by atoms with Crippen molar-refractivity contribution in [3.8, 4) is 5.75 Å². The minimum atomic E-state index is -0.250. The Morgan fingerprint density at radius 3 is 2.54 bits per heavy atom. The SMILES string of the molecule is CCOc1ccccc1N1CCN(C(=O)CCN(c2nc(Cc3ccc(F)cc3)ns2)C(C)CC)CC1. The maximum Gasteiger partial charge on any atom is 0.224 e. The Hall–Kier alpha value is -3.20. The van der Waals surface area contributed by atoms with Crippen molar-refractivity contribution >= 4 is 28.3 Å². The highest BCUT2D eigenvalue weighted by atomic mass is 32.1. The van der Waals surface area contributed by atoms with Crippen LogP contribution in [0.25, 0.3) is 0 Å². The van der Waals surface area contributed by atoms with Crippen molar-refractivity contribution in [3.05, 3.63) is 65.7 Å². The number of carbonyl (C=O) groups is 1. The van der Waals surface area contributed by atoms with E-state index in [-0.39, 0.29) is 17.8 Å². The zero-order chi connectivity index (χ0) is 26.2. The van der Waals surface area contributed by atoms with E-state index in [1.54, 1.807) is 12.1 Å². The van der Waals surface area contributed by atoms with Gasteiger partial charge in [0.25, 0.3) is 0 Å². The number of amides is 1. The van der Waals surface area contributed by atoms with Gasteiger partial charge >= 0.3 is 0 Å². The molecule has 7 nitrogen and oxygen atoms in total. The molecule has 1 aromatic heterocycles. The smallest absolute Gasteiger partial charge is 0.224 e.